The van der Waals surface area contributed by atoms with Crippen molar-refractivity contribution in [2.75, 3.05) is 0 Å². The van der Waals surface area contributed by atoms with Crippen LogP contribution in [-0.4, -0.2) is 58.6 Å². The van der Waals surface area contributed by atoms with Crippen molar-refractivity contribution >= 4 is 95.4 Å². The van der Waals surface area contributed by atoms with Gasteiger partial charge in [-0.05, 0) is 0 Å². The van der Waals surface area contributed by atoms with Crippen molar-refractivity contribution in [1.29, 1.82) is 0 Å². The summed E-state index contributed by atoms with van der Waals surface area (Å²) in [5.41, 5.74) is 19.6. The molecule has 0 N–H and O–H groups in total. The summed E-state index contributed by atoms with van der Waals surface area (Å²) < 4.78 is 6.94. The molecule has 0 spiro atoms. The number of hydrogen-bond donors (Lipinski definition) is 0. The Labute approximate surface area is 202 Å². The van der Waals surface area contributed by atoms with Crippen LogP contribution in [0.3, 0.4) is 0 Å². The maximum absolute atomic E-state index is 4.83. The van der Waals surface area contributed by atoms with Gasteiger partial charge in [0.1, 0.15) is 0 Å². The fourth-order valence-electron chi connectivity index (χ4n) is 2.71. The van der Waals surface area contributed by atoms with Gasteiger partial charge in [0, 0.05) is 0 Å². The average molecular weight is 750 g/mol. The maximum atomic E-state index is 4.83. The summed E-state index contributed by atoms with van der Waals surface area (Å²) >= 11 is -3.57. The fraction of sp³-hybridized carbons (Fsp3) is 0.400. The Kier molecular flexibility index (Phi) is 17.7. The Hall–Kier alpha value is 1.88. The minimum atomic E-state index is -0.836. The summed E-state index contributed by atoms with van der Waals surface area (Å²) in [5, 5.41) is 0. The van der Waals surface area contributed by atoms with Gasteiger partial charge in [0.15, 0.2) is 0 Å². The van der Waals surface area contributed by atoms with Crippen LogP contribution in [0.25, 0.3) is 0 Å². The Balaban J connectivity index is 0.000000438. The predicted molar refractivity (Wildman–Crippen MR) is 139 cm³/mol. The Bertz CT molecular complexity index is 540. The van der Waals surface area contributed by atoms with Crippen LogP contribution in [0.4, 0.5) is 0 Å². The van der Waals surface area contributed by atoms with Crippen LogP contribution in [0.15, 0.2) is 48.5 Å². The van der Waals surface area contributed by atoms with Crippen LogP contribution < -0.4 is 17.4 Å². The van der Waals surface area contributed by atoms with E-state index in [-0.39, 0.29) is 15.1 Å². The molecule has 0 amide bonds. The summed E-state index contributed by atoms with van der Waals surface area (Å²) in [6.07, 6.45) is 0. The summed E-state index contributed by atoms with van der Waals surface area (Å²) in [7, 11) is 9.67. The van der Waals surface area contributed by atoms with E-state index in [2.05, 4.69) is 94.2 Å². The Morgan fingerprint density at radius 1 is 0.481 bits per heavy atom. The van der Waals surface area contributed by atoms with Crippen molar-refractivity contribution < 1.29 is 15.1 Å². The van der Waals surface area contributed by atoms with Gasteiger partial charge >= 0.3 is 205 Å². The van der Waals surface area contributed by atoms with Crippen LogP contribution in [0.5, 0.6) is 0 Å². The van der Waals surface area contributed by atoms with Crippen LogP contribution >= 0.6 is 19.4 Å². The van der Waals surface area contributed by atoms with E-state index in [9.17, 15) is 0 Å². The second-order valence-corrected chi connectivity index (χ2v) is 30.9. The van der Waals surface area contributed by atoms with Gasteiger partial charge in [-0.3, -0.25) is 0 Å². The third-order valence-corrected chi connectivity index (χ3v) is 18.9. The van der Waals surface area contributed by atoms with Gasteiger partial charge in [0.25, 0.3) is 0 Å². The molecule has 0 fully saturated rings. The van der Waals surface area contributed by atoms with Gasteiger partial charge in [0.2, 0.25) is 0 Å². The number of benzene rings is 2. The third-order valence-electron chi connectivity index (χ3n) is 4.01. The first-order valence-corrected chi connectivity index (χ1v) is 34.1. The molecule has 0 atom stereocenters. The molecule has 0 aromatic heterocycles. The molecule has 2 aromatic carbocycles. The molecule has 0 unspecified atom stereocenters. The molecule has 0 saturated carbocycles. The van der Waals surface area contributed by atoms with Crippen LogP contribution in [-0.2, 0) is 15.1 Å². The first-order chi connectivity index (χ1) is 12.7. The summed E-state index contributed by atoms with van der Waals surface area (Å²) in [5.74, 6) is 0. The molecule has 0 heterocycles. The van der Waals surface area contributed by atoms with Crippen LogP contribution in [0, 0.1) is 0 Å². The van der Waals surface area contributed by atoms with E-state index >= 15 is 0 Å². The first kappa shape index (κ1) is 28.9. The Morgan fingerprint density at radius 3 is 0.741 bits per heavy atom. The number of rotatable bonds is 4. The van der Waals surface area contributed by atoms with Crippen molar-refractivity contribution in [2.45, 2.75) is 45.7 Å². The molecule has 0 nitrogen and oxygen atoms in total. The zero-order valence-electron chi connectivity index (χ0n) is 17.7. The monoisotopic (exact) mass is 749 g/mol. The molecule has 4 radical (unpaired) electrons. The van der Waals surface area contributed by atoms with Crippen molar-refractivity contribution in [1.82, 2.24) is 0 Å². The van der Waals surface area contributed by atoms with Crippen molar-refractivity contribution in [3.05, 3.63) is 48.5 Å². The second-order valence-electron chi connectivity index (χ2n) is 7.14. The van der Waals surface area contributed by atoms with E-state index in [1.807, 2.05) is 0 Å². The van der Waals surface area contributed by atoms with Gasteiger partial charge in [0.05, 0.1) is 0 Å². The van der Waals surface area contributed by atoms with Crippen molar-refractivity contribution in [3.63, 3.8) is 0 Å². The van der Waals surface area contributed by atoms with Gasteiger partial charge < -0.3 is 0 Å². The quantitative estimate of drug-likeness (QED) is 0.421. The SMILES string of the molecule is C[AsH](C)c1ccccc1[AsH](C)C.C[AsH](C)c1ccccc1[AsH](C)C.[Cl][Rh][Cl]. The molecule has 0 bridgehead atoms. The van der Waals surface area contributed by atoms with E-state index in [1.54, 1.807) is 17.4 Å². The molecule has 2 aromatic rings. The third kappa shape index (κ3) is 11.7. The molecule has 0 aliphatic rings. The average Bonchev–Trinajstić information content (AvgIpc) is 2.62. The zero-order chi connectivity index (χ0) is 21.0. The molecule has 0 aliphatic heterocycles. The summed E-state index contributed by atoms with van der Waals surface area (Å²) in [6, 6.07) is 18.2. The van der Waals surface area contributed by atoms with Crippen LogP contribution in [0.2, 0.25) is 45.7 Å². The predicted octanol–water partition coefficient (Wildman–Crippen LogP) is 3.52. The molecular weight excluding hydrogens is 714 g/mol. The van der Waals surface area contributed by atoms with Gasteiger partial charge in [-0.1, -0.05) is 0 Å². The van der Waals surface area contributed by atoms with E-state index in [4.69, 9.17) is 19.4 Å². The van der Waals surface area contributed by atoms with Gasteiger partial charge in [-0.25, -0.2) is 0 Å². The van der Waals surface area contributed by atoms with Gasteiger partial charge in [-0.15, -0.1) is 0 Å². The number of halogens is 2. The minimum absolute atomic E-state index is 0.226. The topological polar surface area (TPSA) is 0 Å². The van der Waals surface area contributed by atoms with Crippen LogP contribution in [0.1, 0.15) is 0 Å². The molecular formula is C20H36As4Cl2Rh. The molecule has 27 heavy (non-hydrogen) atoms. The molecule has 2 rings (SSSR count). The summed E-state index contributed by atoms with van der Waals surface area (Å²) in [4.78, 5) is 0. The van der Waals surface area contributed by atoms with E-state index in [0.717, 1.165) is 0 Å². The number of hydrogen-bond acceptors (Lipinski definition) is 0. The molecule has 0 aliphatic carbocycles. The van der Waals surface area contributed by atoms with E-state index in [0.29, 0.717) is 0 Å². The molecule has 7 heteroatoms. The summed E-state index contributed by atoms with van der Waals surface area (Å²) in [6.45, 7) is 0. The standard InChI is InChI=1S/2C10H18As2.2ClH.Rh/c2*1-11(2)9-7-5-6-8-10(9)12(3)4;;;/h2*5-8,11-12H,1-4H3;2*1H;/q;;;;+2/p-2. The molecule has 159 valence electrons. The van der Waals surface area contributed by atoms with E-state index < -0.39 is 58.6 Å². The zero-order valence-corrected chi connectivity index (χ0v) is 29.3. The first-order valence-electron chi connectivity index (χ1n) is 8.91. The van der Waals surface area contributed by atoms with Gasteiger partial charge in [-0.2, -0.15) is 0 Å². The second kappa shape index (κ2) is 16.6. The van der Waals surface area contributed by atoms with Crippen molar-refractivity contribution in [3.8, 4) is 0 Å². The van der Waals surface area contributed by atoms with Crippen molar-refractivity contribution in [2.24, 2.45) is 0 Å². The molecule has 0 saturated heterocycles. The normalized spacial score (nSPS) is 10.7. The fourth-order valence-corrected chi connectivity index (χ4v) is 22.4. The van der Waals surface area contributed by atoms with E-state index in [1.165, 1.54) is 0 Å². The Morgan fingerprint density at radius 2 is 0.630 bits per heavy atom.